The number of hydrogen-bond acceptors (Lipinski definition) is 3. The number of amidine groups is 1. The molecule has 0 spiro atoms. The van der Waals surface area contributed by atoms with Crippen molar-refractivity contribution in [1.29, 1.82) is 5.41 Å². The Hall–Kier alpha value is -1.46. The van der Waals surface area contributed by atoms with E-state index in [1.807, 2.05) is 21.1 Å². The van der Waals surface area contributed by atoms with E-state index in [1.54, 1.807) is 6.07 Å². The highest BCUT2D eigenvalue weighted by Gasteiger charge is 2.09. The largest absolute Gasteiger partial charge is 0.384 e. The maximum Gasteiger partial charge on any atom is 0.123 e. The Morgan fingerprint density at radius 2 is 1.94 bits per heavy atom. The van der Waals surface area contributed by atoms with Gasteiger partial charge in [0.1, 0.15) is 11.7 Å². The first-order valence-corrected chi connectivity index (χ1v) is 5.86. The lowest BCUT2D eigenvalue weighted by Crippen LogP contribution is -2.29. The van der Waals surface area contributed by atoms with Crippen molar-refractivity contribution in [1.82, 2.24) is 9.80 Å². The van der Waals surface area contributed by atoms with E-state index in [0.717, 1.165) is 18.7 Å². The lowest BCUT2D eigenvalue weighted by atomic mass is 10.1. The molecule has 0 aromatic heterocycles. The number of nitrogens with one attached hydrogen (secondary N) is 1. The van der Waals surface area contributed by atoms with E-state index in [2.05, 4.69) is 9.80 Å². The second-order valence-corrected chi connectivity index (χ2v) is 4.76. The summed E-state index contributed by atoms with van der Waals surface area (Å²) in [6.45, 7) is 2.51. The smallest absolute Gasteiger partial charge is 0.123 e. The number of likely N-dealkylation sites (N-methyl/N-ethyl adjacent to an activating group) is 2. The summed E-state index contributed by atoms with van der Waals surface area (Å²) in [5, 5.41) is 7.47. The van der Waals surface area contributed by atoms with Gasteiger partial charge in [-0.1, -0.05) is 6.07 Å². The van der Waals surface area contributed by atoms with E-state index in [9.17, 15) is 4.39 Å². The fourth-order valence-electron chi connectivity index (χ4n) is 1.68. The van der Waals surface area contributed by atoms with E-state index in [-0.39, 0.29) is 11.7 Å². The van der Waals surface area contributed by atoms with Crippen LogP contribution in [-0.4, -0.2) is 49.9 Å². The normalized spacial score (nSPS) is 11.2. The van der Waals surface area contributed by atoms with Crippen LogP contribution in [0.25, 0.3) is 0 Å². The lowest BCUT2D eigenvalue weighted by molar-refractivity contribution is 0.276. The summed E-state index contributed by atoms with van der Waals surface area (Å²) < 4.78 is 13.1. The average molecular weight is 252 g/mol. The standard InChI is InChI=1S/C13H21FN4/c1-17(2)6-7-18(3)9-10-4-5-11(14)8-12(10)13(15)16/h4-5,8H,6-7,9H2,1-3H3,(H3,15,16). The molecule has 0 aliphatic carbocycles. The zero-order valence-electron chi connectivity index (χ0n) is 11.2. The molecule has 4 nitrogen and oxygen atoms in total. The molecular weight excluding hydrogens is 231 g/mol. The van der Waals surface area contributed by atoms with Gasteiger partial charge in [-0.25, -0.2) is 4.39 Å². The molecule has 1 aromatic rings. The Morgan fingerprint density at radius 3 is 2.50 bits per heavy atom. The second-order valence-electron chi connectivity index (χ2n) is 4.76. The van der Waals surface area contributed by atoms with Gasteiger partial charge >= 0.3 is 0 Å². The molecule has 1 rings (SSSR count). The molecule has 3 N–H and O–H groups in total. The van der Waals surface area contributed by atoms with E-state index >= 15 is 0 Å². The van der Waals surface area contributed by atoms with Crippen LogP contribution in [0.15, 0.2) is 18.2 Å². The molecule has 0 saturated carbocycles. The van der Waals surface area contributed by atoms with Crippen LogP contribution < -0.4 is 5.73 Å². The summed E-state index contributed by atoms with van der Waals surface area (Å²) in [5.41, 5.74) is 6.83. The van der Waals surface area contributed by atoms with E-state index in [4.69, 9.17) is 11.1 Å². The molecule has 0 aliphatic rings. The van der Waals surface area contributed by atoms with Crippen molar-refractivity contribution in [3.63, 3.8) is 0 Å². The maximum absolute atomic E-state index is 13.1. The van der Waals surface area contributed by atoms with Gasteiger partial charge in [-0.2, -0.15) is 0 Å². The highest BCUT2D eigenvalue weighted by molar-refractivity contribution is 5.96. The van der Waals surface area contributed by atoms with Crippen LogP contribution in [0.3, 0.4) is 0 Å². The molecule has 0 amide bonds. The summed E-state index contributed by atoms with van der Waals surface area (Å²) >= 11 is 0. The minimum atomic E-state index is -0.361. The van der Waals surface area contributed by atoms with Gasteiger partial charge in [-0.3, -0.25) is 5.41 Å². The number of benzene rings is 1. The van der Waals surface area contributed by atoms with Crippen LogP contribution in [0.4, 0.5) is 4.39 Å². The predicted octanol–water partition coefficient (Wildman–Crippen LogP) is 1.10. The van der Waals surface area contributed by atoms with Crippen molar-refractivity contribution in [2.45, 2.75) is 6.54 Å². The molecule has 0 aliphatic heterocycles. The van der Waals surface area contributed by atoms with Gasteiger partial charge in [0.25, 0.3) is 0 Å². The van der Waals surface area contributed by atoms with Crippen molar-refractivity contribution in [3.8, 4) is 0 Å². The third kappa shape index (κ3) is 4.43. The van der Waals surface area contributed by atoms with Crippen LogP contribution in [0.2, 0.25) is 0 Å². The Bertz CT molecular complexity index is 417. The first-order valence-electron chi connectivity index (χ1n) is 5.86. The van der Waals surface area contributed by atoms with Gasteiger partial charge in [-0.15, -0.1) is 0 Å². The third-order valence-corrected chi connectivity index (χ3v) is 2.73. The SMILES string of the molecule is CN(C)CCN(C)Cc1ccc(F)cc1C(=N)N. The summed E-state index contributed by atoms with van der Waals surface area (Å²) in [5.74, 6) is -0.453. The molecule has 18 heavy (non-hydrogen) atoms. The van der Waals surface area contributed by atoms with Gasteiger partial charge in [0.2, 0.25) is 0 Å². The fraction of sp³-hybridized carbons (Fsp3) is 0.462. The number of hydrogen-bond donors (Lipinski definition) is 2. The highest BCUT2D eigenvalue weighted by atomic mass is 19.1. The van der Waals surface area contributed by atoms with Gasteiger partial charge in [0, 0.05) is 25.2 Å². The van der Waals surface area contributed by atoms with Crippen molar-refractivity contribution in [2.75, 3.05) is 34.2 Å². The van der Waals surface area contributed by atoms with Crippen LogP contribution in [0, 0.1) is 11.2 Å². The van der Waals surface area contributed by atoms with Crippen molar-refractivity contribution in [3.05, 3.63) is 35.1 Å². The van der Waals surface area contributed by atoms with E-state index < -0.39 is 0 Å². The summed E-state index contributed by atoms with van der Waals surface area (Å²) in [7, 11) is 6.04. The molecule has 0 saturated heterocycles. The monoisotopic (exact) mass is 252 g/mol. The van der Waals surface area contributed by atoms with Crippen LogP contribution >= 0.6 is 0 Å². The second kappa shape index (κ2) is 6.47. The number of halogens is 1. The Balaban J connectivity index is 2.74. The fourth-order valence-corrected chi connectivity index (χ4v) is 1.68. The molecule has 0 radical (unpaired) electrons. The zero-order valence-corrected chi connectivity index (χ0v) is 11.2. The summed E-state index contributed by atoms with van der Waals surface area (Å²) in [4.78, 5) is 4.23. The number of nitrogens with two attached hydrogens (primary N) is 1. The number of nitrogen functional groups attached to an aromatic ring is 1. The van der Waals surface area contributed by atoms with Gasteiger partial charge in [0.15, 0.2) is 0 Å². The molecule has 0 heterocycles. The summed E-state index contributed by atoms with van der Waals surface area (Å²) in [6, 6.07) is 4.41. The van der Waals surface area contributed by atoms with Gasteiger partial charge in [-0.05, 0) is 38.8 Å². The quantitative estimate of drug-likeness (QED) is 0.589. The first kappa shape index (κ1) is 14.6. The minimum Gasteiger partial charge on any atom is -0.384 e. The number of rotatable bonds is 6. The average Bonchev–Trinajstić information content (AvgIpc) is 2.28. The molecule has 5 heteroatoms. The molecule has 0 unspecified atom stereocenters. The van der Waals surface area contributed by atoms with Crippen LogP contribution in [0.1, 0.15) is 11.1 Å². The molecule has 0 bridgehead atoms. The lowest BCUT2D eigenvalue weighted by Gasteiger charge is -2.20. The minimum absolute atomic E-state index is 0.0921. The molecule has 100 valence electrons. The summed E-state index contributed by atoms with van der Waals surface area (Å²) in [6.07, 6.45) is 0. The van der Waals surface area contributed by atoms with Crippen molar-refractivity contribution >= 4 is 5.84 Å². The molecule has 0 fully saturated rings. The third-order valence-electron chi connectivity index (χ3n) is 2.73. The van der Waals surface area contributed by atoms with Gasteiger partial charge in [0.05, 0.1) is 0 Å². The van der Waals surface area contributed by atoms with Gasteiger partial charge < -0.3 is 15.5 Å². The van der Waals surface area contributed by atoms with E-state index in [1.165, 1.54) is 12.1 Å². The molecular formula is C13H21FN4. The highest BCUT2D eigenvalue weighted by Crippen LogP contribution is 2.12. The number of nitrogens with zero attached hydrogens (tertiary/aromatic N) is 2. The molecule has 0 atom stereocenters. The zero-order chi connectivity index (χ0) is 13.7. The molecule has 1 aromatic carbocycles. The van der Waals surface area contributed by atoms with E-state index in [0.29, 0.717) is 12.1 Å². The van der Waals surface area contributed by atoms with Crippen molar-refractivity contribution < 1.29 is 4.39 Å². The first-order chi connectivity index (χ1) is 8.40. The Labute approximate surface area is 108 Å². The Morgan fingerprint density at radius 1 is 1.28 bits per heavy atom. The maximum atomic E-state index is 13.1. The van der Waals surface area contributed by atoms with Crippen LogP contribution in [-0.2, 0) is 6.54 Å². The van der Waals surface area contributed by atoms with Crippen molar-refractivity contribution in [2.24, 2.45) is 5.73 Å². The topological polar surface area (TPSA) is 56.4 Å². The Kier molecular flexibility index (Phi) is 5.25. The van der Waals surface area contributed by atoms with Crippen LogP contribution in [0.5, 0.6) is 0 Å². The predicted molar refractivity (Wildman–Crippen MR) is 72.3 cm³/mol.